The zero-order valence-corrected chi connectivity index (χ0v) is 22.5. The minimum absolute atomic E-state index is 0.00138. The van der Waals surface area contributed by atoms with Gasteiger partial charge >= 0.3 is 0 Å². The van der Waals surface area contributed by atoms with Crippen molar-refractivity contribution in [3.63, 3.8) is 0 Å². The molecule has 0 saturated carbocycles. The van der Waals surface area contributed by atoms with E-state index in [9.17, 15) is 12.8 Å². The Hall–Kier alpha value is -3.29. The summed E-state index contributed by atoms with van der Waals surface area (Å²) in [6, 6.07) is 2.39. The number of benzene rings is 1. The lowest BCUT2D eigenvalue weighted by Crippen LogP contribution is -2.58. The zero-order chi connectivity index (χ0) is 27.0. The van der Waals surface area contributed by atoms with Crippen molar-refractivity contribution in [3.05, 3.63) is 47.3 Å². The van der Waals surface area contributed by atoms with Crippen LogP contribution in [-0.2, 0) is 14.6 Å². The first kappa shape index (κ1) is 26.3. The summed E-state index contributed by atoms with van der Waals surface area (Å²) in [4.78, 5) is 19.2. The van der Waals surface area contributed by atoms with Crippen molar-refractivity contribution in [3.8, 4) is 11.6 Å². The number of anilines is 3. The van der Waals surface area contributed by atoms with Gasteiger partial charge < -0.3 is 24.4 Å². The molecule has 3 aromatic rings. The van der Waals surface area contributed by atoms with Crippen molar-refractivity contribution < 1.29 is 27.0 Å². The number of sulfone groups is 1. The normalized spacial score (nSPS) is 21.2. The van der Waals surface area contributed by atoms with Crippen molar-refractivity contribution >= 4 is 38.9 Å². The number of nitrogens with one attached hydrogen (secondary N) is 1. The van der Waals surface area contributed by atoms with E-state index >= 15 is 0 Å². The molecule has 0 aliphatic carbocycles. The van der Waals surface area contributed by atoms with E-state index in [0.29, 0.717) is 42.8 Å². The standard InChI is InChI=1S/C24H26ClFN6O5S/c1-13-4-18(17(26)5-19(13)38(3,33)34)31-22-21(35-2)23(30-12-29-22)37-20-14-8-32(9-15(20)11-36-10-14)24-27-6-16(25)7-28-24/h4-7,12,14-15,20H,8-11H2,1-3H3,(H,29,30,31). The quantitative estimate of drug-likeness (QED) is 0.454. The molecule has 2 saturated heterocycles. The van der Waals surface area contributed by atoms with Gasteiger partial charge in [-0.3, -0.25) is 0 Å². The van der Waals surface area contributed by atoms with Gasteiger partial charge in [0.2, 0.25) is 11.7 Å². The molecular formula is C24H26ClFN6O5S. The molecule has 0 amide bonds. The maximum absolute atomic E-state index is 14.8. The van der Waals surface area contributed by atoms with Gasteiger partial charge in [-0.15, -0.1) is 0 Å². The molecule has 2 atom stereocenters. The van der Waals surface area contributed by atoms with Crippen LogP contribution in [-0.4, -0.2) is 74.1 Å². The highest BCUT2D eigenvalue weighted by Crippen LogP contribution is 2.38. The Bertz CT molecular complexity index is 1430. The molecule has 2 aliphatic heterocycles. The number of halogens is 2. The van der Waals surface area contributed by atoms with Crippen LogP contribution >= 0.6 is 11.6 Å². The number of aryl methyl sites for hydroxylation is 1. The zero-order valence-electron chi connectivity index (χ0n) is 20.9. The van der Waals surface area contributed by atoms with Gasteiger partial charge in [0, 0.05) is 31.2 Å². The van der Waals surface area contributed by atoms with Gasteiger partial charge in [-0.25, -0.2) is 27.8 Å². The Labute approximate surface area is 224 Å². The third-order valence-electron chi connectivity index (χ3n) is 6.53. The van der Waals surface area contributed by atoms with E-state index < -0.39 is 15.7 Å². The Balaban J connectivity index is 1.38. The van der Waals surface area contributed by atoms with Gasteiger partial charge in [-0.2, -0.15) is 4.98 Å². The minimum Gasteiger partial charge on any atom is -0.489 e. The molecule has 2 fully saturated rings. The molecule has 2 aliphatic rings. The van der Waals surface area contributed by atoms with Gasteiger partial charge in [0.25, 0.3) is 5.88 Å². The minimum atomic E-state index is -3.58. The van der Waals surface area contributed by atoms with E-state index in [-0.39, 0.29) is 46.0 Å². The smallest absolute Gasteiger partial charge is 0.262 e. The first-order valence-electron chi connectivity index (χ1n) is 11.8. The molecular weight excluding hydrogens is 539 g/mol. The van der Waals surface area contributed by atoms with Crippen molar-refractivity contribution in [1.29, 1.82) is 0 Å². The fraction of sp³-hybridized carbons (Fsp3) is 0.417. The number of ether oxygens (including phenoxy) is 3. The van der Waals surface area contributed by atoms with E-state index in [4.69, 9.17) is 25.8 Å². The summed E-state index contributed by atoms with van der Waals surface area (Å²) in [7, 11) is -2.14. The third-order valence-corrected chi connectivity index (χ3v) is 7.97. The highest BCUT2D eigenvalue weighted by Gasteiger charge is 2.43. The fourth-order valence-electron chi connectivity index (χ4n) is 4.85. The molecule has 38 heavy (non-hydrogen) atoms. The molecule has 202 valence electrons. The second-order valence-electron chi connectivity index (χ2n) is 9.30. The highest BCUT2D eigenvalue weighted by atomic mass is 35.5. The SMILES string of the molecule is COc1c(Nc2cc(C)c(S(C)(=O)=O)cc2F)ncnc1OC1C2COCC1CN(c1ncc(Cl)cn1)C2. The van der Waals surface area contributed by atoms with Crippen LogP contribution in [0.1, 0.15) is 5.56 Å². The number of fused-ring (bicyclic) bond motifs is 2. The maximum atomic E-state index is 14.8. The van der Waals surface area contributed by atoms with E-state index in [0.717, 1.165) is 12.3 Å². The molecule has 2 unspecified atom stereocenters. The van der Waals surface area contributed by atoms with Gasteiger partial charge in [0.15, 0.2) is 15.7 Å². The van der Waals surface area contributed by atoms with Crippen LogP contribution in [0.5, 0.6) is 11.6 Å². The molecule has 2 aromatic heterocycles. The van der Waals surface area contributed by atoms with Crippen LogP contribution < -0.4 is 19.7 Å². The van der Waals surface area contributed by atoms with Crippen molar-refractivity contribution in [2.75, 3.05) is 49.9 Å². The average molecular weight is 565 g/mol. The molecule has 1 N–H and O–H groups in total. The van der Waals surface area contributed by atoms with E-state index in [1.807, 2.05) is 0 Å². The predicted octanol–water partition coefficient (Wildman–Crippen LogP) is 3.05. The summed E-state index contributed by atoms with van der Waals surface area (Å²) in [5.41, 5.74) is 0.435. The van der Waals surface area contributed by atoms with E-state index in [2.05, 4.69) is 30.2 Å². The maximum Gasteiger partial charge on any atom is 0.262 e. The number of nitrogens with zero attached hydrogens (tertiary/aromatic N) is 5. The number of piperidine rings is 1. The highest BCUT2D eigenvalue weighted by molar-refractivity contribution is 7.90. The first-order chi connectivity index (χ1) is 18.1. The fourth-order valence-corrected chi connectivity index (χ4v) is 5.91. The summed E-state index contributed by atoms with van der Waals surface area (Å²) < 4.78 is 56.4. The van der Waals surface area contributed by atoms with Crippen LogP contribution in [0.2, 0.25) is 5.02 Å². The predicted molar refractivity (Wildman–Crippen MR) is 138 cm³/mol. The van der Waals surface area contributed by atoms with E-state index in [1.165, 1.54) is 19.5 Å². The van der Waals surface area contributed by atoms with Crippen LogP contribution in [0.25, 0.3) is 0 Å². The number of hydrogen-bond acceptors (Lipinski definition) is 11. The van der Waals surface area contributed by atoms with Crippen molar-refractivity contribution in [1.82, 2.24) is 19.9 Å². The topological polar surface area (TPSA) is 129 Å². The monoisotopic (exact) mass is 564 g/mol. The molecule has 14 heteroatoms. The number of methoxy groups -OCH3 is 1. The summed E-state index contributed by atoms with van der Waals surface area (Å²) >= 11 is 5.94. The van der Waals surface area contributed by atoms with Gasteiger partial charge in [-0.05, 0) is 24.6 Å². The lowest BCUT2D eigenvalue weighted by molar-refractivity contribution is -0.0775. The van der Waals surface area contributed by atoms with Crippen LogP contribution in [0, 0.1) is 24.6 Å². The number of rotatable bonds is 7. The Morgan fingerprint density at radius 1 is 1.13 bits per heavy atom. The second-order valence-corrected chi connectivity index (χ2v) is 11.7. The van der Waals surface area contributed by atoms with Crippen molar-refractivity contribution in [2.24, 2.45) is 11.8 Å². The molecule has 1 aromatic carbocycles. The van der Waals surface area contributed by atoms with Gasteiger partial charge in [0.05, 0.1) is 48.3 Å². The number of hydrogen-bond donors (Lipinski definition) is 1. The lowest BCUT2D eigenvalue weighted by Gasteiger charge is -2.46. The average Bonchev–Trinajstić information content (AvgIpc) is 2.86. The Morgan fingerprint density at radius 2 is 1.82 bits per heavy atom. The Morgan fingerprint density at radius 3 is 2.45 bits per heavy atom. The number of aromatic nitrogens is 4. The van der Waals surface area contributed by atoms with Crippen LogP contribution in [0.3, 0.4) is 0 Å². The molecule has 0 spiro atoms. The largest absolute Gasteiger partial charge is 0.489 e. The molecule has 0 radical (unpaired) electrons. The van der Waals surface area contributed by atoms with Crippen LogP contribution in [0.15, 0.2) is 35.7 Å². The van der Waals surface area contributed by atoms with E-state index in [1.54, 1.807) is 19.3 Å². The van der Waals surface area contributed by atoms with Crippen molar-refractivity contribution in [2.45, 2.75) is 17.9 Å². The first-order valence-corrected chi connectivity index (χ1v) is 14.0. The molecule has 2 bridgehead atoms. The summed E-state index contributed by atoms with van der Waals surface area (Å²) in [6.45, 7) is 3.79. The van der Waals surface area contributed by atoms with Gasteiger partial charge in [0.1, 0.15) is 18.2 Å². The van der Waals surface area contributed by atoms with Gasteiger partial charge in [-0.1, -0.05) is 11.6 Å². The lowest BCUT2D eigenvalue weighted by atomic mass is 9.84. The molecule has 11 nitrogen and oxygen atoms in total. The third kappa shape index (κ3) is 5.31. The summed E-state index contributed by atoms with van der Waals surface area (Å²) in [5, 5.41) is 3.36. The molecule has 4 heterocycles. The summed E-state index contributed by atoms with van der Waals surface area (Å²) in [6.07, 6.45) is 5.23. The molecule has 5 rings (SSSR count). The summed E-state index contributed by atoms with van der Waals surface area (Å²) in [5.74, 6) is 0.421. The second kappa shape index (κ2) is 10.5. The Kier molecular flexibility index (Phi) is 7.25. The van der Waals surface area contributed by atoms with Crippen LogP contribution in [0.4, 0.5) is 21.8 Å².